The zero-order valence-corrected chi connectivity index (χ0v) is 18.9. The summed E-state index contributed by atoms with van der Waals surface area (Å²) in [7, 11) is 0. The van der Waals surface area contributed by atoms with E-state index < -0.39 is 0 Å². The van der Waals surface area contributed by atoms with Gasteiger partial charge < -0.3 is 0 Å². The number of aromatic nitrogens is 7. The second kappa shape index (κ2) is 10.2. The van der Waals surface area contributed by atoms with Crippen LogP contribution >= 0.6 is 0 Å². The summed E-state index contributed by atoms with van der Waals surface area (Å²) in [6.07, 6.45) is 3.53. The largest absolute Gasteiger partial charge is 0.353 e. The Bertz CT molecular complexity index is 1270. The number of rotatable bonds is 9. The number of nitrogens with zero attached hydrogens (tertiary/aromatic N) is 6. The van der Waals surface area contributed by atoms with Gasteiger partial charge in [-0.3, -0.25) is 9.36 Å². The fourth-order valence-electron chi connectivity index (χ4n) is 3.78. The van der Waals surface area contributed by atoms with Crippen LogP contribution in [0.3, 0.4) is 0 Å². The minimum atomic E-state index is -0.369. The Labute approximate surface area is 191 Å². The average molecular weight is 446 g/mol. The van der Waals surface area contributed by atoms with Gasteiger partial charge in [-0.15, -0.1) is 14.9 Å². The lowest BCUT2D eigenvalue weighted by Crippen LogP contribution is -2.30. The molecule has 0 bridgehead atoms. The lowest BCUT2D eigenvalue weighted by Gasteiger charge is -2.09. The molecule has 0 saturated carbocycles. The van der Waals surface area contributed by atoms with E-state index in [1.165, 1.54) is 0 Å². The molecule has 0 atom stereocenters. The summed E-state index contributed by atoms with van der Waals surface area (Å²) in [6, 6.07) is 15.9. The van der Waals surface area contributed by atoms with Gasteiger partial charge >= 0.3 is 5.69 Å². The normalized spacial score (nSPS) is 11.1. The zero-order chi connectivity index (χ0) is 23.2. The number of H-pyrrole nitrogens is 1. The van der Waals surface area contributed by atoms with Crippen molar-refractivity contribution in [1.29, 1.82) is 0 Å². The molecule has 0 radical (unpaired) electrons. The smallest absolute Gasteiger partial charge is 0.274 e. The molecule has 9 nitrogen and oxygen atoms in total. The maximum atomic E-state index is 13.0. The predicted octanol–water partition coefficient (Wildman–Crippen LogP) is 3.72. The molecule has 0 saturated heterocycles. The van der Waals surface area contributed by atoms with E-state index in [9.17, 15) is 9.59 Å². The second-order valence-corrected chi connectivity index (χ2v) is 7.94. The quantitative estimate of drug-likeness (QED) is 0.420. The van der Waals surface area contributed by atoms with Crippen molar-refractivity contribution in [3.63, 3.8) is 0 Å². The van der Waals surface area contributed by atoms with Crippen molar-refractivity contribution in [2.24, 2.45) is 0 Å². The van der Waals surface area contributed by atoms with Crippen LogP contribution in [0, 0.1) is 0 Å². The molecule has 0 amide bonds. The van der Waals surface area contributed by atoms with Gasteiger partial charge in [0.1, 0.15) is 5.82 Å². The highest BCUT2D eigenvalue weighted by Crippen LogP contribution is 2.29. The Morgan fingerprint density at radius 2 is 1.76 bits per heavy atom. The van der Waals surface area contributed by atoms with Crippen LogP contribution in [-0.2, 0) is 13.0 Å². The molecule has 2 aromatic heterocycles. The number of hydrogen-bond acceptors (Lipinski definition) is 6. The molecule has 0 fully saturated rings. The number of carbonyl (C=O) groups is 1. The summed E-state index contributed by atoms with van der Waals surface area (Å²) in [5.41, 5.74) is 3.51. The van der Waals surface area contributed by atoms with Gasteiger partial charge in [-0.05, 0) is 40.0 Å². The van der Waals surface area contributed by atoms with Crippen molar-refractivity contribution < 1.29 is 4.79 Å². The van der Waals surface area contributed by atoms with Crippen molar-refractivity contribution in [2.75, 3.05) is 0 Å². The van der Waals surface area contributed by atoms with Crippen LogP contribution in [0.4, 0.5) is 0 Å². The van der Waals surface area contributed by atoms with E-state index in [4.69, 9.17) is 0 Å². The fraction of sp³-hybridized carbons (Fsp3) is 0.333. The standard InChI is InChI=1S/C24H27N7O2/c1-3-5-11-21-27-31(22(32)8-4-2)24(33)30(21)16-17-12-14-18(15-13-17)19-9-6-7-10-20(19)23-25-28-29-26-23/h6-7,9-10,12-15H,3-5,8,11,16H2,1-2H3,(H,25,26,28,29). The highest BCUT2D eigenvalue weighted by Gasteiger charge is 2.18. The van der Waals surface area contributed by atoms with Gasteiger partial charge in [0.05, 0.1) is 6.54 Å². The Morgan fingerprint density at radius 1 is 1.00 bits per heavy atom. The van der Waals surface area contributed by atoms with Crippen molar-refractivity contribution in [1.82, 2.24) is 35.0 Å². The van der Waals surface area contributed by atoms with Crippen molar-refractivity contribution in [3.05, 3.63) is 70.4 Å². The Kier molecular flexibility index (Phi) is 6.87. The molecule has 0 unspecified atom stereocenters. The van der Waals surface area contributed by atoms with Gasteiger partial charge in [-0.1, -0.05) is 68.8 Å². The SMILES string of the molecule is CCCCc1nn(C(=O)CCC)c(=O)n1Cc1ccc(-c2ccccc2-c2nnn[nH]2)cc1. The van der Waals surface area contributed by atoms with E-state index in [0.29, 0.717) is 37.5 Å². The number of nitrogens with one attached hydrogen (secondary N) is 1. The molecule has 170 valence electrons. The van der Waals surface area contributed by atoms with E-state index in [1.54, 1.807) is 4.57 Å². The first kappa shape index (κ1) is 22.3. The Hall–Kier alpha value is -3.88. The molecular weight excluding hydrogens is 418 g/mol. The molecule has 0 aliphatic heterocycles. The molecule has 4 rings (SSSR count). The maximum absolute atomic E-state index is 13.0. The number of aryl methyl sites for hydroxylation is 1. The zero-order valence-electron chi connectivity index (χ0n) is 18.9. The van der Waals surface area contributed by atoms with E-state index >= 15 is 0 Å². The first-order valence-corrected chi connectivity index (χ1v) is 11.3. The number of hydrogen-bond donors (Lipinski definition) is 1. The van der Waals surface area contributed by atoms with Gasteiger partial charge in [0.15, 0.2) is 5.82 Å². The Balaban J connectivity index is 1.63. The lowest BCUT2D eigenvalue weighted by atomic mass is 9.98. The molecule has 0 spiro atoms. The van der Waals surface area contributed by atoms with Crippen LogP contribution in [-0.4, -0.2) is 40.9 Å². The third kappa shape index (κ3) is 4.82. The number of carbonyl (C=O) groups excluding carboxylic acids is 1. The third-order valence-electron chi connectivity index (χ3n) is 5.53. The number of unbranched alkanes of at least 4 members (excludes halogenated alkanes) is 1. The summed E-state index contributed by atoms with van der Waals surface area (Å²) < 4.78 is 2.65. The summed E-state index contributed by atoms with van der Waals surface area (Å²) in [6.45, 7) is 4.37. The monoisotopic (exact) mass is 445 g/mol. The molecule has 4 aromatic rings. The molecular formula is C24H27N7O2. The van der Waals surface area contributed by atoms with E-state index in [2.05, 4.69) is 32.6 Å². The first-order valence-electron chi connectivity index (χ1n) is 11.3. The summed E-state index contributed by atoms with van der Waals surface area (Å²) in [5.74, 6) is 0.998. The molecule has 33 heavy (non-hydrogen) atoms. The third-order valence-corrected chi connectivity index (χ3v) is 5.53. The predicted molar refractivity (Wildman–Crippen MR) is 125 cm³/mol. The summed E-state index contributed by atoms with van der Waals surface area (Å²) in [5, 5.41) is 18.5. The van der Waals surface area contributed by atoms with Gasteiger partial charge in [0, 0.05) is 18.4 Å². The maximum Gasteiger partial charge on any atom is 0.353 e. The molecule has 0 aliphatic rings. The minimum absolute atomic E-state index is 0.257. The summed E-state index contributed by atoms with van der Waals surface area (Å²) in [4.78, 5) is 25.3. The fourth-order valence-corrected chi connectivity index (χ4v) is 3.78. The van der Waals surface area contributed by atoms with Crippen LogP contribution in [0.2, 0.25) is 0 Å². The molecule has 1 N–H and O–H groups in total. The van der Waals surface area contributed by atoms with Gasteiger partial charge in [-0.2, -0.15) is 0 Å². The summed E-state index contributed by atoms with van der Waals surface area (Å²) >= 11 is 0. The van der Waals surface area contributed by atoms with E-state index in [-0.39, 0.29) is 11.6 Å². The molecule has 0 aliphatic carbocycles. The highest BCUT2D eigenvalue weighted by molar-refractivity contribution is 5.80. The van der Waals surface area contributed by atoms with Crippen molar-refractivity contribution >= 4 is 5.91 Å². The number of tetrazole rings is 1. The number of aromatic amines is 1. The first-order chi connectivity index (χ1) is 16.1. The van der Waals surface area contributed by atoms with Gasteiger partial charge in [0.25, 0.3) is 5.91 Å². The van der Waals surface area contributed by atoms with Crippen LogP contribution in [0.15, 0.2) is 53.3 Å². The lowest BCUT2D eigenvalue weighted by molar-refractivity contribution is 0.0880. The van der Waals surface area contributed by atoms with E-state index in [0.717, 1.165) is 39.8 Å². The molecule has 2 aromatic carbocycles. The van der Waals surface area contributed by atoms with Crippen LogP contribution in [0.25, 0.3) is 22.5 Å². The number of benzene rings is 2. The van der Waals surface area contributed by atoms with Crippen LogP contribution in [0.1, 0.15) is 55.7 Å². The topological polar surface area (TPSA) is 111 Å². The van der Waals surface area contributed by atoms with Crippen molar-refractivity contribution in [2.45, 2.75) is 52.5 Å². The van der Waals surface area contributed by atoms with Gasteiger partial charge in [-0.25, -0.2) is 9.89 Å². The van der Waals surface area contributed by atoms with E-state index in [1.807, 2.05) is 55.5 Å². The Morgan fingerprint density at radius 3 is 2.42 bits per heavy atom. The molecule has 9 heteroatoms. The highest BCUT2D eigenvalue weighted by atomic mass is 16.2. The van der Waals surface area contributed by atoms with Crippen LogP contribution in [0.5, 0.6) is 0 Å². The van der Waals surface area contributed by atoms with Crippen LogP contribution < -0.4 is 5.69 Å². The second-order valence-electron chi connectivity index (χ2n) is 7.94. The average Bonchev–Trinajstić information content (AvgIpc) is 3.48. The van der Waals surface area contributed by atoms with Crippen molar-refractivity contribution in [3.8, 4) is 22.5 Å². The molecule has 2 heterocycles. The van der Waals surface area contributed by atoms with Gasteiger partial charge in [0.2, 0.25) is 0 Å². The minimum Gasteiger partial charge on any atom is -0.274 e.